The van der Waals surface area contributed by atoms with E-state index in [2.05, 4.69) is 10.3 Å². The molecule has 1 amide bonds. The molecule has 2 N–H and O–H groups in total. The van der Waals surface area contributed by atoms with Crippen molar-refractivity contribution in [1.29, 1.82) is 0 Å². The molecule has 0 aliphatic carbocycles. The highest BCUT2D eigenvalue weighted by molar-refractivity contribution is 6.32. The van der Waals surface area contributed by atoms with Crippen LogP contribution in [0.15, 0.2) is 30.5 Å². The van der Waals surface area contributed by atoms with E-state index in [9.17, 15) is 14.7 Å². The highest BCUT2D eigenvalue weighted by Gasteiger charge is 2.28. The Labute approximate surface area is 199 Å². The number of hydrogen-bond acceptors (Lipinski definition) is 7. The molecule has 33 heavy (non-hydrogen) atoms. The number of aromatic nitrogens is 1. The predicted octanol–water partition coefficient (Wildman–Crippen LogP) is 4.30. The molecule has 1 aromatic heterocycles. The number of esters is 1. The lowest BCUT2D eigenvalue weighted by Gasteiger charge is -2.28. The Kier molecular flexibility index (Phi) is 9.34. The summed E-state index contributed by atoms with van der Waals surface area (Å²) >= 11 is 6.31. The van der Waals surface area contributed by atoms with E-state index in [-0.39, 0.29) is 17.4 Å². The topological polar surface area (TPSA) is 107 Å². The third-order valence-electron chi connectivity index (χ3n) is 4.92. The quantitative estimate of drug-likeness (QED) is 0.490. The fraction of sp³-hybridized carbons (Fsp3) is 0.458. The minimum Gasteiger partial charge on any atom is -0.503 e. The number of benzene rings is 1. The molecule has 0 radical (unpaired) electrons. The lowest BCUT2D eigenvalue weighted by atomic mass is 10.0. The summed E-state index contributed by atoms with van der Waals surface area (Å²) in [7, 11) is 1.36. The normalized spacial score (nSPS) is 13.7. The molecule has 0 bridgehead atoms. The average molecular weight is 479 g/mol. The molecule has 2 rings (SSSR count). The van der Waals surface area contributed by atoms with Gasteiger partial charge in [-0.05, 0) is 50.8 Å². The second kappa shape index (κ2) is 11.7. The van der Waals surface area contributed by atoms with Crippen LogP contribution in [-0.2, 0) is 9.53 Å². The minimum atomic E-state index is -0.991. The monoisotopic (exact) mass is 478 g/mol. The summed E-state index contributed by atoms with van der Waals surface area (Å²) in [5, 5.41) is 13.1. The summed E-state index contributed by atoms with van der Waals surface area (Å²) in [5.41, 5.74) is 0.755. The van der Waals surface area contributed by atoms with Crippen LogP contribution in [0.2, 0.25) is 5.02 Å². The van der Waals surface area contributed by atoms with Crippen LogP contribution in [0, 0.1) is 12.8 Å². The number of pyridine rings is 1. The van der Waals surface area contributed by atoms with Gasteiger partial charge in [0.1, 0.15) is 24.0 Å². The largest absolute Gasteiger partial charge is 0.503 e. The van der Waals surface area contributed by atoms with Gasteiger partial charge in [0.25, 0.3) is 5.91 Å². The van der Waals surface area contributed by atoms with E-state index in [4.69, 9.17) is 25.8 Å². The maximum Gasteiger partial charge on any atom is 0.328 e. The number of amides is 1. The summed E-state index contributed by atoms with van der Waals surface area (Å²) in [5.74, 6) is -0.902. The van der Waals surface area contributed by atoms with Gasteiger partial charge in [-0.15, -0.1) is 0 Å². The summed E-state index contributed by atoms with van der Waals surface area (Å²) in [6, 6.07) is 5.91. The number of aromatic hydroxyl groups is 1. The van der Waals surface area contributed by atoms with Crippen LogP contribution in [0.3, 0.4) is 0 Å². The van der Waals surface area contributed by atoms with Crippen molar-refractivity contribution in [2.45, 2.75) is 59.3 Å². The lowest BCUT2D eigenvalue weighted by Crippen LogP contribution is -2.43. The molecule has 3 atom stereocenters. The van der Waals surface area contributed by atoms with Gasteiger partial charge in [0.15, 0.2) is 17.2 Å². The van der Waals surface area contributed by atoms with Crippen LogP contribution < -0.4 is 14.8 Å². The number of ether oxygens (including phenoxy) is 3. The maximum atomic E-state index is 12.7. The van der Waals surface area contributed by atoms with Gasteiger partial charge in [-0.2, -0.15) is 0 Å². The molecular weight excluding hydrogens is 448 g/mol. The standard InChI is InChI=1S/C24H31ClN2O6/c1-13(2)11-20(33-18-8-7-14(3)12-17(18)25)16(5)32-24(30)15(4)27-23(29)21-22(28)19(31-6)9-10-26-21/h7-10,12-13,15-16,20,28H,11H2,1-6H3,(H,27,29)/t15-,16-,20+/m0/s1. The zero-order valence-electron chi connectivity index (χ0n) is 19.7. The number of methoxy groups -OCH3 is 1. The van der Waals surface area contributed by atoms with E-state index in [1.165, 1.54) is 26.3 Å². The first kappa shape index (κ1) is 26.3. The number of aryl methyl sites for hydroxylation is 1. The molecule has 2 aromatic rings. The lowest BCUT2D eigenvalue weighted by molar-refractivity contribution is -0.155. The van der Waals surface area contributed by atoms with Gasteiger partial charge in [0.05, 0.1) is 12.1 Å². The average Bonchev–Trinajstić information content (AvgIpc) is 2.74. The van der Waals surface area contributed by atoms with Gasteiger partial charge in [0, 0.05) is 12.3 Å². The van der Waals surface area contributed by atoms with E-state index in [1.54, 1.807) is 19.1 Å². The fourth-order valence-electron chi connectivity index (χ4n) is 3.12. The molecule has 0 saturated heterocycles. The second-order valence-corrected chi connectivity index (χ2v) is 8.67. The zero-order chi connectivity index (χ0) is 24.7. The highest BCUT2D eigenvalue weighted by Crippen LogP contribution is 2.29. The molecule has 0 unspecified atom stereocenters. The van der Waals surface area contributed by atoms with Gasteiger partial charge in [-0.3, -0.25) is 4.79 Å². The third kappa shape index (κ3) is 7.25. The minimum absolute atomic E-state index is 0.0995. The smallest absolute Gasteiger partial charge is 0.328 e. The van der Waals surface area contributed by atoms with Crippen LogP contribution >= 0.6 is 11.6 Å². The SMILES string of the molecule is COc1ccnc(C(=O)N[C@@H](C)C(=O)O[C@@H](C)[C@@H](CC(C)C)Oc2ccc(C)cc2Cl)c1O. The Morgan fingerprint density at radius 3 is 2.45 bits per heavy atom. The molecule has 1 heterocycles. The number of rotatable bonds is 10. The van der Waals surface area contributed by atoms with E-state index in [1.807, 2.05) is 26.8 Å². The Balaban J connectivity index is 2.06. The van der Waals surface area contributed by atoms with Gasteiger partial charge < -0.3 is 24.6 Å². The summed E-state index contributed by atoms with van der Waals surface area (Å²) in [4.78, 5) is 29.0. The molecule has 0 aliphatic rings. The molecule has 0 aliphatic heterocycles. The van der Waals surface area contributed by atoms with Crippen molar-refractivity contribution in [3.8, 4) is 17.2 Å². The number of carbonyl (C=O) groups is 2. The van der Waals surface area contributed by atoms with Crippen molar-refractivity contribution < 1.29 is 28.9 Å². The Bertz CT molecular complexity index is 981. The molecule has 180 valence electrons. The number of nitrogens with one attached hydrogen (secondary N) is 1. The summed E-state index contributed by atoms with van der Waals surface area (Å²) in [6.45, 7) is 9.23. The Morgan fingerprint density at radius 2 is 1.85 bits per heavy atom. The molecular formula is C24H31ClN2O6. The number of hydrogen-bond donors (Lipinski definition) is 2. The van der Waals surface area contributed by atoms with Crippen molar-refractivity contribution >= 4 is 23.5 Å². The number of carbonyl (C=O) groups excluding carboxylic acids is 2. The Morgan fingerprint density at radius 1 is 1.15 bits per heavy atom. The molecule has 0 fully saturated rings. The molecule has 8 nitrogen and oxygen atoms in total. The van der Waals surface area contributed by atoms with Crippen LogP contribution in [0.25, 0.3) is 0 Å². The number of nitrogens with zero attached hydrogens (tertiary/aromatic N) is 1. The van der Waals surface area contributed by atoms with Crippen LogP contribution in [0.4, 0.5) is 0 Å². The van der Waals surface area contributed by atoms with Crippen LogP contribution in [-0.4, -0.2) is 47.3 Å². The van der Waals surface area contributed by atoms with E-state index in [0.29, 0.717) is 17.2 Å². The van der Waals surface area contributed by atoms with E-state index >= 15 is 0 Å². The second-order valence-electron chi connectivity index (χ2n) is 8.27. The summed E-state index contributed by atoms with van der Waals surface area (Å²) in [6.07, 6.45) is 0.893. The molecule has 0 spiro atoms. The van der Waals surface area contributed by atoms with Gasteiger partial charge in [-0.25, -0.2) is 9.78 Å². The van der Waals surface area contributed by atoms with Crippen LogP contribution in [0.1, 0.15) is 50.2 Å². The first-order valence-corrected chi connectivity index (χ1v) is 11.1. The van der Waals surface area contributed by atoms with Gasteiger partial charge >= 0.3 is 5.97 Å². The van der Waals surface area contributed by atoms with E-state index < -0.39 is 35.9 Å². The van der Waals surface area contributed by atoms with Crippen molar-refractivity contribution in [2.75, 3.05) is 7.11 Å². The molecule has 1 aromatic carbocycles. The first-order chi connectivity index (χ1) is 15.5. The maximum absolute atomic E-state index is 12.7. The van der Waals surface area contributed by atoms with Gasteiger partial charge in [0.2, 0.25) is 0 Å². The Hall–Kier alpha value is -3.00. The highest BCUT2D eigenvalue weighted by atomic mass is 35.5. The number of halogens is 1. The zero-order valence-corrected chi connectivity index (χ0v) is 20.5. The molecule has 0 saturated carbocycles. The predicted molar refractivity (Wildman–Crippen MR) is 125 cm³/mol. The van der Waals surface area contributed by atoms with Gasteiger partial charge in [-0.1, -0.05) is 31.5 Å². The fourth-order valence-corrected chi connectivity index (χ4v) is 3.40. The molecule has 9 heteroatoms. The van der Waals surface area contributed by atoms with Crippen molar-refractivity contribution in [3.05, 3.63) is 46.7 Å². The van der Waals surface area contributed by atoms with Crippen molar-refractivity contribution in [1.82, 2.24) is 10.3 Å². The summed E-state index contributed by atoms with van der Waals surface area (Å²) < 4.78 is 16.7. The third-order valence-corrected chi connectivity index (χ3v) is 5.21. The van der Waals surface area contributed by atoms with Crippen molar-refractivity contribution in [3.63, 3.8) is 0 Å². The first-order valence-electron chi connectivity index (χ1n) is 10.7. The van der Waals surface area contributed by atoms with E-state index in [0.717, 1.165) is 5.56 Å². The van der Waals surface area contributed by atoms with Crippen molar-refractivity contribution in [2.24, 2.45) is 5.92 Å². The van der Waals surface area contributed by atoms with Crippen LogP contribution in [0.5, 0.6) is 17.2 Å².